The fraction of sp³-hybridized carbons (Fsp3) is 0. The van der Waals surface area contributed by atoms with E-state index in [-0.39, 0.29) is 0 Å². The molecule has 0 spiro atoms. The van der Waals surface area contributed by atoms with Crippen LogP contribution < -0.4 is 0 Å². The largest absolute Gasteiger partial charge is 0.277 e. The topological polar surface area (TPSA) is 30.7 Å². The average Bonchev–Trinajstić information content (AvgIpc) is 2.96. The maximum Gasteiger partial charge on any atom is 0.146 e. The molecule has 0 fully saturated rings. The number of hydrogen-bond acceptors (Lipinski definition) is 2. The van der Waals surface area contributed by atoms with E-state index in [9.17, 15) is 0 Å². The molecule has 3 aromatic heterocycles. The Morgan fingerprint density at radius 2 is 1.39 bits per heavy atom. The summed E-state index contributed by atoms with van der Waals surface area (Å²) in [6.07, 6.45) is 3.70. The minimum Gasteiger partial charge on any atom is -0.277 e. The monoisotopic (exact) mass is 295 g/mol. The molecule has 0 N–H and O–H groups in total. The van der Waals surface area contributed by atoms with Gasteiger partial charge < -0.3 is 0 Å². The summed E-state index contributed by atoms with van der Waals surface area (Å²) in [4.78, 5) is 9.30. The van der Waals surface area contributed by atoms with Gasteiger partial charge >= 0.3 is 0 Å². The summed E-state index contributed by atoms with van der Waals surface area (Å²) < 4.78 is 2.16. The van der Waals surface area contributed by atoms with Gasteiger partial charge in [0.2, 0.25) is 0 Å². The lowest BCUT2D eigenvalue weighted by atomic mass is 10.1. The van der Waals surface area contributed by atoms with Gasteiger partial charge in [0, 0.05) is 28.6 Å². The molecule has 0 aliphatic heterocycles. The summed E-state index contributed by atoms with van der Waals surface area (Å²) >= 11 is 0. The summed E-state index contributed by atoms with van der Waals surface area (Å²) in [5, 5.41) is 4.66. The number of para-hydroxylation sites is 1. The average molecular weight is 295 g/mol. The molecule has 0 saturated heterocycles. The Labute approximate surface area is 132 Å². The van der Waals surface area contributed by atoms with E-state index in [1.54, 1.807) is 0 Å². The number of rotatable bonds is 1. The second-order valence-corrected chi connectivity index (χ2v) is 5.58. The molecule has 0 unspecified atom stereocenters. The summed E-state index contributed by atoms with van der Waals surface area (Å²) in [5.41, 5.74) is 2.07. The first-order valence-corrected chi connectivity index (χ1v) is 7.62. The zero-order chi connectivity index (χ0) is 15.2. The molecule has 0 aliphatic rings. The quantitative estimate of drug-likeness (QED) is 0.448. The summed E-state index contributed by atoms with van der Waals surface area (Å²) in [6, 6.07) is 22.9. The van der Waals surface area contributed by atoms with Gasteiger partial charge in [-0.15, -0.1) is 0 Å². The standard InChI is InChI=1S/C20H13N3/c1-2-7-15-14(6-1)11-13-22-19(15)23-18-10-4-3-8-16(18)17-9-5-12-21-20(17)23/h1-13H. The number of benzene rings is 2. The van der Waals surface area contributed by atoms with Crippen LogP contribution >= 0.6 is 0 Å². The summed E-state index contributed by atoms with van der Waals surface area (Å²) in [5.74, 6) is 0.924. The minimum atomic E-state index is 0.924. The molecule has 0 aliphatic carbocycles. The summed E-state index contributed by atoms with van der Waals surface area (Å²) in [6.45, 7) is 0. The van der Waals surface area contributed by atoms with E-state index in [0.717, 1.165) is 27.8 Å². The van der Waals surface area contributed by atoms with Crippen molar-refractivity contribution >= 4 is 32.7 Å². The fourth-order valence-corrected chi connectivity index (χ4v) is 3.29. The molecule has 0 amide bonds. The van der Waals surface area contributed by atoms with Crippen molar-refractivity contribution in [1.82, 2.24) is 14.5 Å². The van der Waals surface area contributed by atoms with Crippen molar-refractivity contribution in [3.63, 3.8) is 0 Å². The van der Waals surface area contributed by atoms with Gasteiger partial charge in [0.05, 0.1) is 5.52 Å². The molecular formula is C20H13N3. The zero-order valence-electron chi connectivity index (χ0n) is 12.3. The first-order chi connectivity index (χ1) is 11.4. The van der Waals surface area contributed by atoms with Crippen LogP contribution in [0.5, 0.6) is 0 Å². The molecule has 108 valence electrons. The Morgan fingerprint density at radius 1 is 0.609 bits per heavy atom. The van der Waals surface area contributed by atoms with E-state index >= 15 is 0 Å². The molecule has 0 radical (unpaired) electrons. The second-order valence-electron chi connectivity index (χ2n) is 5.58. The van der Waals surface area contributed by atoms with Crippen LogP contribution in [-0.4, -0.2) is 14.5 Å². The van der Waals surface area contributed by atoms with Crippen LogP contribution in [0.4, 0.5) is 0 Å². The number of nitrogens with zero attached hydrogens (tertiary/aromatic N) is 3. The molecule has 3 heteroatoms. The number of fused-ring (bicyclic) bond motifs is 4. The van der Waals surface area contributed by atoms with Crippen LogP contribution in [0.2, 0.25) is 0 Å². The van der Waals surface area contributed by atoms with E-state index in [1.165, 1.54) is 10.8 Å². The van der Waals surface area contributed by atoms with Crippen molar-refractivity contribution in [3.05, 3.63) is 79.1 Å². The van der Waals surface area contributed by atoms with Crippen LogP contribution in [0.25, 0.3) is 38.5 Å². The Hall–Kier alpha value is -3.20. The van der Waals surface area contributed by atoms with Gasteiger partial charge in [-0.2, -0.15) is 0 Å². The third-order valence-corrected chi connectivity index (χ3v) is 4.30. The Kier molecular flexibility index (Phi) is 2.50. The van der Waals surface area contributed by atoms with E-state index in [1.807, 2.05) is 24.5 Å². The molecule has 5 aromatic rings. The predicted octanol–water partition coefficient (Wildman–Crippen LogP) is 4.73. The molecule has 3 heterocycles. The van der Waals surface area contributed by atoms with Crippen LogP contribution in [0, 0.1) is 0 Å². The van der Waals surface area contributed by atoms with E-state index < -0.39 is 0 Å². The van der Waals surface area contributed by atoms with Crippen molar-refractivity contribution in [1.29, 1.82) is 0 Å². The molecular weight excluding hydrogens is 282 g/mol. The highest BCUT2D eigenvalue weighted by Crippen LogP contribution is 2.32. The highest BCUT2D eigenvalue weighted by atomic mass is 15.1. The van der Waals surface area contributed by atoms with E-state index in [2.05, 4.69) is 69.1 Å². The smallest absolute Gasteiger partial charge is 0.146 e. The Balaban J connectivity index is 2.03. The lowest BCUT2D eigenvalue weighted by Crippen LogP contribution is -1.99. The van der Waals surface area contributed by atoms with E-state index in [4.69, 9.17) is 0 Å². The predicted molar refractivity (Wildman–Crippen MR) is 93.9 cm³/mol. The Bertz CT molecular complexity index is 1110. The molecule has 0 bridgehead atoms. The maximum absolute atomic E-state index is 4.67. The van der Waals surface area contributed by atoms with Crippen molar-refractivity contribution in [2.45, 2.75) is 0 Å². The van der Waals surface area contributed by atoms with Crippen molar-refractivity contribution in [2.75, 3.05) is 0 Å². The SMILES string of the molecule is c1ccc2c(-n3c4ccccc4c4cccnc43)nccc2c1. The molecule has 23 heavy (non-hydrogen) atoms. The molecule has 2 aromatic carbocycles. The van der Waals surface area contributed by atoms with Gasteiger partial charge in [-0.25, -0.2) is 9.97 Å². The van der Waals surface area contributed by atoms with Gasteiger partial charge in [0.1, 0.15) is 11.5 Å². The normalized spacial score (nSPS) is 11.5. The minimum absolute atomic E-state index is 0.924. The van der Waals surface area contributed by atoms with Crippen molar-refractivity contribution in [3.8, 4) is 5.82 Å². The maximum atomic E-state index is 4.67. The van der Waals surface area contributed by atoms with Gasteiger partial charge in [-0.1, -0.05) is 42.5 Å². The lowest BCUT2D eigenvalue weighted by Gasteiger charge is -2.09. The zero-order valence-corrected chi connectivity index (χ0v) is 12.3. The van der Waals surface area contributed by atoms with Crippen LogP contribution in [0.15, 0.2) is 79.1 Å². The first kappa shape index (κ1) is 12.4. The first-order valence-electron chi connectivity index (χ1n) is 7.62. The third-order valence-electron chi connectivity index (χ3n) is 4.30. The van der Waals surface area contributed by atoms with Crippen LogP contribution in [0.3, 0.4) is 0 Å². The van der Waals surface area contributed by atoms with Gasteiger partial charge in [-0.05, 0) is 29.7 Å². The Morgan fingerprint density at radius 3 is 2.35 bits per heavy atom. The second kappa shape index (κ2) is 4.65. The molecule has 0 saturated carbocycles. The van der Waals surface area contributed by atoms with Crippen molar-refractivity contribution in [2.24, 2.45) is 0 Å². The molecule has 3 nitrogen and oxygen atoms in total. The van der Waals surface area contributed by atoms with Crippen molar-refractivity contribution < 1.29 is 0 Å². The van der Waals surface area contributed by atoms with Gasteiger partial charge in [-0.3, -0.25) is 4.57 Å². The number of pyridine rings is 2. The van der Waals surface area contributed by atoms with E-state index in [0.29, 0.717) is 0 Å². The van der Waals surface area contributed by atoms with Gasteiger partial charge in [0.15, 0.2) is 0 Å². The third kappa shape index (κ3) is 1.70. The lowest BCUT2D eigenvalue weighted by molar-refractivity contribution is 1.07. The van der Waals surface area contributed by atoms with Crippen LogP contribution in [-0.2, 0) is 0 Å². The highest BCUT2D eigenvalue weighted by molar-refractivity contribution is 6.08. The van der Waals surface area contributed by atoms with Gasteiger partial charge in [0.25, 0.3) is 0 Å². The molecule has 0 atom stereocenters. The van der Waals surface area contributed by atoms with Crippen LogP contribution in [0.1, 0.15) is 0 Å². The summed E-state index contributed by atoms with van der Waals surface area (Å²) in [7, 11) is 0. The highest BCUT2D eigenvalue weighted by Gasteiger charge is 2.14. The molecule has 5 rings (SSSR count). The fourth-order valence-electron chi connectivity index (χ4n) is 3.29. The number of aromatic nitrogens is 3. The number of hydrogen-bond donors (Lipinski definition) is 0.